The fraction of sp³-hybridized carbons (Fsp3) is 0.750. The Morgan fingerprint density at radius 1 is 1.40 bits per heavy atom. The molecule has 7 nitrogen and oxygen atoms in total. The molecule has 0 spiro atoms. The summed E-state index contributed by atoms with van der Waals surface area (Å²) in [6.07, 6.45) is 3.14. The standard InChI is InChI=1S/C12H25N5O2S/c1-5-11-12(10-16(3)14-11)15-20(18,19)17(4)9-7-8-13-6-2/h10,13,15H,5-9H2,1-4H3. The average molecular weight is 303 g/mol. The highest BCUT2D eigenvalue weighted by molar-refractivity contribution is 7.90. The lowest BCUT2D eigenvalue weighted by molar-refractivity contribution is 0.459. The third-order valence-corrected chi connectivity index (χ3v) is 4.45. The minimum atomic E-state index is -3.52. The van der Waals surface area contributed by atoms with Crippen molar-refractivity contribution < 1.29 is 8.42 Å². The summed E-state index contributed by atoms with van der Waals surface area (Å²) in [5.41, 5.74) is 1.30. The van der Waals surface area contributed by atoms with Gasteiger partial charge in [0.2, 0.25) is 0 Å². The van der Waals surface area contributed by atoms with E-state index in [0.717, 1.165) is 25.2 Å². The second-order valence-corrected chi connectivity index (χ2v) is 6.43. The van der Waals surface area contributed by atoms with E-state index in [4.69, 9.17) is 0 Å². The van der Waals surface area contributed by atoms with Crippen molar-refractivity contribution in [1.82, 2.24) is 19.4 Å². The molecule has 0 bridgehead atoms. The quantitative estimate of drug-likeness (QED) is 0.654. The molecule has 0 radical (unpaired) electrons. The number of hydrogen-bond acceptors (Lipinski definition) is 4. The summed E-state index contributed by atoms with van der Waals surface area (Å²) >= 11 is 0. The Bertz CT molecular complexity index is 512. The van der Waals surface area contributed by atoms with Crippen LogP contribution in [0.3, 0.4) is 0 Å². The molecule has 1 heterocycles. The van der Waals surface area contributed by atoms with Crippen LogP contribution in [0.2, 0.25) is 0 Å². The molecule has 0 saturated heterocycles. The molecule has 0 saturated carbocycles. The van der Waals surface area contributed by atoms with Gasteiger partial charge in [-0.2, -0.15) is 17.8 Å². The Hall–Kier alpha value is -1.12. The molecule has 1 aromatic rings. The Morgan fingerprint density at radius 2 is 2.10 bits per heavy atom. The first kappa shape index (κ1) is 16.9. The van der Waals surface area contributed by atoms with Crippen molar-refractivity contribution in [2.45, 2.75) is 26.7 Å². The van der Waals surface area contributed by atoms with Crippen LogP contribution in [0.4, 0.5) is 5.69 Å². The van der Waals surface area contributed by atoms with Gasteiger partial charge in [0, 0.05) is 26.8 Å². The van der Waals surface area contributed by atoms with Crippen molar-refractivity contribution in [1.29, 1.82) is 0 Å². The summed E-state index contributed by atoms with van der Waals surface area (Å²) in [6.45, 7) is 6.15. The molecule has 0 amide bonds. The predicted molar refractivity (Wildman–Crippen MR) is 80.9 cm³/mol. The van der Waals surface area contributed by atoms with Gasteiger partial charge in [-0.3, -0.25) is 9.40 Å². The van der Waals surface area contributed by atoms with Crippen LogP contribution in [0.25, 0.3) is 0 Å². The second kappa shape index (κ2) is 7.61. The van der Waals surface area contributed by atoms with E-state index in [2.05, 4.69) is 15.1 Å². The number of aromatic nitrogens is 2. The first-order valence-corrected chi connectivity index (χ1v) is 8.32. The molecule has 20 heavy (non-hydrogen) atoms. The molecule has 116 valence electrons. The summed E-state index contributed by atoms with van der Waals surface area (Å²) < 4.78 is 29.9. The normalized spacial score (nSPS) is 12.1. The number of rotatable bonds is 9. The van der Waals surface area contributed by atoms with Crippen LogP contribution in [0.5, 0.6) is 0 Å². The fourth-order valence-electron chi connectivity index (χ4n) is 1.82. The lowest BCUT2D eigenvalue weighted by Crippen LogP contribution is -2.34. The Morgan fingerprint density at radius 3 is 2.70 bits per heavy atom. The van der Waals surface area contributed by atoms with E-state index in [1.54, 1.807) is 25.0 Å². The largest absolute Gasteiger partial charge is 0.317 e. The van der Waals surface area contributed by atoms with E-state index in [1.807, 2.05) is 13.8 Å². The van der Waals surface area contributed by atoms with Gasteiger partial charge in [0.1, 0.15) is 0 Å². The zero-order valence-electron chi connectivity index (χ0n) is 12.7. The summed E-state index contributed by atoms with van der Waals surface area (Å²) in [6, 6.07) is 0. The summed E-state index contributed by atoms with van der Waals surface area (Å²) in [7, 11) is -0.163. The van der Waals surface area contributed by atoms with Crippen LogP contribution in [0.15, 0.2) is 6.20 Å². The SMILES string of the molecule is CCNCCCN(C)S(=O)(=O)Nc1cn(C)nc1CC. The zero-order valence-corrected chi connectivity index (χ0v) is 13.5. The van der Waals surface area contributed by atoms with E-state index in [9.17, 15) is 8.42 Å². The van der Waals surface area contributed by atoms with Gasteiger partial charge in [0.25, 0.3) is 0 Å². The Kier molecular flexibility index (Phi) is 6.44. The average Bonchev–Trinajstić information content (AvgIpc) is 2.73. The molecule has 0 aliphatic carbocycles. The van der Waals surface area contributed by atoms with Crippen molar-refractivity contribution in [3.63, 3.8) is 0 Å². The fourth-order valence-corrected chi connectivity index (χ4v) is 2.80. The molecule has 0 fully saturated rings. The van der Waals surface area contributed by atoms with Crippen molar-refractivity contribution in [3.8, 4) is 0 Å². The highest BCUT2D eigenvalue weighted by Gasteiger charge is 2.19. The van der Waals surface area contributed by atoms with E-state index in [-0.39, 0.29) is 0 Å². The first-order valence-electron chi connectivity index (χ1n) is 6.88. The number of aryl methyl sites for hydroxylation is 2. The molecule has 0 atom stereocenters. The van der Waals surface area contributed by atoms with Crippen molar-refractivity contribution >= 4 is 15.9 Å². The third kappa shape index (κ3) is 4.77. The maximum atomic E-state index is 12.2. The van der Waals surface area contributed by atoms with Crippen molar-refractivity contribution in [2.24, 2.45) is 7.05 Å². The van der Waals surface area contributed by atoms with Gasteiger partial charge in [0.15, 0.2) is 0 Å². The van der Waals surface area contributed by atoms with E-state index in [0.29, 0.717) is 18.7 Å². The zero-order chi connectivity index (χ0) is 15.2. The summed E-state index contributed by atoms with van der Waals surface area (Å²) in [5, 5.41) is 7.39. The van der Waals surface area contributed by atoms with Crippen LogP contribution >= 0.6 is 0 Å². The lowest BCUT2D eigenvalue weighted by Gasteiger charge is -2.18. The molecule has 0 aliphatic heterocycles. The smallest absolute Gasteiger partial charge is 0.301 e. The lowest BCUT2D eigenvalue weighted by atomic mass is 10.3. The van der Waals surface area contributed by atoms with Gasteiger partial charge in [-0.15, -0.1) is 0 Å². The number of nitrogens with one attached hydrogen (secondary N) is 2. The summed E-state index contributed by atoms with van der Waals surface area (Å²) in [5.74, 6) is 0. The van der Waals surface area contributed by atoms with Gasteiger partial charge >= 0.3 is 10.2 Å². The summed E-state index contributed by atoms with van der Waals surface area (Å²) in [4.78, 5) is 0. The predicted octanol–water partition coefficient (Wildman–Crippen LogP) is 0.571. The minimum Gasteiger partial charge on any atom is -0.317 e. The van der Waals surface area contributed by atoms with Gasteiger partial charge in [0.05, 0.1) is 11.4 Å². The highest BCUT2D eigenvalue weighted by Crippen LogP contribution is 2.16. The molecule has 2 N–H and O–H groups in total. The number of hydrogen-bond donors (Lipinski definition) is 2. The van der Waals surface area contributed by atoms with Gasteiger partial charge in [-0.05, 0) is 25.9 Å². The molecule has 1 rings (SSSR count). The van der Waals surface area contributed by atoms with E-state index in [1.165, 1.54) is 4.31 Å². The van der Waals surface area contributed by atoms with E-state index < -0.39 is 10.2 Å². The van der Waals surface area contributed by atoms with Crippen molar-refractivity contribution in [3.05, 3.63) is 11.9 Å². The van der Waals surface area contributed by atoms with E-state index >= 15 is 0 Å². The molecular formula is C12H25N5O2S. The minimum absolute atomic E-state index is 0.476. The number of anilines is 1. The van der Waals surface area contributed by atoms with Gasteiger partial charge in [-0.1, -0.05) is 13.8 Å². The second-order valence-electron chi connectivity index (χ2n) is 4.65. The molecule has 0 unspecified atom stereocenters. The number of nitrogens with zero attached hydrogens (tertiary/aromatic N) is 3. The van der Waals surface area contributed by atoms with Gasteiger partial charge in [-0.25, -0.2) is 0 Å². The highest BCUT2D eigenvalue weighted by atomic mass is 32.2. The van der Waals surface area contributed by atoms with Gasteiger partial charge < -0.3 is 5.32 Å². The Balaban J connectivity index is 2.64. The maximum Gasteiger partial charge on any atom is 0.301 e. The van der Waals surface area contributed by atoms with Crippen molar-refractivity contribution in [2.75, 3.05) is 31.4 Å². The molecule has 0 aromatic carbocycles. The first-order chi connectivity index (χ1) is 9.40. The van der Waals surface area contributed by atoms with Crippen LogP contribution in [-0.2, 0) is 23.7 Å². The molecule has 8 heteroatoms. The van der Waals surface area contributed by atoms with Crippen LogP contribution < -0.4 is 10.0 Å². The topological polar surface area (TPSA) is 79.3 Å². The molecule has 1 aromatic heterocycles. The maximum absolute atomic E-state index is 12.2. The molecular weight excluding hydrogens is 278 g/mol. The monoisotopic (exact) mass is 303 g/mol. The Labute approximate surface area is 121 Å². The van der Waals surface area contributed by atoms with Crippen LogP contribution in [-0.4, -0.2) is 49.2 Å². The van der Waals surface area contributed by atoms with Crippen LogP contribution in [0.1, 0.15) is 26.0 Å². The third-order valence-electron chi connectivity index (χ3n) is 2.97. The van der Waals surface area contributed by atoms with Crippen LogP contribution in [0, 0.1) is 0 Å². The molecule has 0 aliphatic rings.